The molecular formula is C24H24N2O4. The molecule has 0 aliphatic heterocycles. The van der Waals surface area contributed by atoms with Crippen molar-refractivity contribution in [2.45, 2.75) is 32.6 Å². The zero-order valence-electron chi connectivity index (χ0n) is 16.8. The minimum absolute atomic E-state index is 0.0787. The summed E-state index contributed by atoms with van der Waals surface area (Å²) in [5, 5.41) is 11.1. The summed E-state index contributed by atoms with van der Waals surface area (Å²) in [5.41, 5.74) is 5.34. The number of rotatable bonds is 8. The van der Waals surface area contributed by atoms with Crippen LogP contribution in [0.2, 0.25) is 0 Å². The Morgan fingerprint density at radius 3 is 2.17 bits per heavy atom. The lowest BCUT2D eigenvalue weighted by Crippen LogP contribution is -2.08. The van der Waals surface area contributed by atoms with Crippen molar-refractivity contribution in [2.24, 2.45) is 0 Å². The quantitative estimate of drug-likeness (QED) is 0.373. The molecule has 4 aromatic rings. The molecule has 0 unspecified atom stereocenters. The second-order valence-electron chi connectivity index (χ2n) is 7.27. The van der Waals surface area contributed by atoms with Crippen LogP contribution < -0.4 is 0 Å². The highest BCUT2D eigenvalue weighted by Crippen LogP contribution is 2.28. The third-order valence-electron chi connectivity index (χ3n) is 5.38. The van der Waals surface area contributed by atoms with Crippen LogP contribution in [0.3, 0.4) is 0 Å². The van der Waals surface area contributed by atoms with Gasteiger partial charge in [0, 0.05) is 39.6 Å². The molecule has 2 aromatic heterocycles. The van der Waals surface area contributed by atoms with Crippen molar-refractivity contribution in [2.75, 3.05) is 6.61 Å². The molecule has 2 aromatic carbocycles. The molecule has 0 aliphatic rings. The minimum Gasteiger partial charge on any atom is -0.481 e. The summed E-state index contributed by atoms with van der Waals surface area (Å²) in [6.45, 7) is 2.12. The van der Waals surface area contributed by atoms with Gasteiger partial charge >= 0.3 is 11.9 Å². The summed E-state index contributed by atoms with van der Waals surface area (Å²) >= 11 is 0. The van der Waals surface area contributed by atoms with Crippen LogP contribution in [-0.4, -0.2) is 33.6 Å². The first-order chi connectivity index (χ1) is 14.6. The van der Waals surface area contributed by atoms with Gasteiger partial charge in [0.25, 0.3) is 0 Å². The number of carboxylic acid groups (broad SMARTS) is 1. The van der Waals surface area contributed by atoms with E-state index >= 15 is 0 Å². The maximum Gasteiger partial charge on any atom is 0.340 e. The molecule has 0 atom stereocenters. The topological polar surface area (TPSA) is 95.2 Å². The number of ether oxygens (including phenoxy) is 1. The molecule has 0 amide bonds. The predicted molar refractivity (Wildman–Crippen MR) is 116 cm³/mol. The van der Waals surface area contributed by atoms with Gasteiger partial charge < -0.3 is 19.8 Å². The van der Waals surface area contributed by atoms with Crippen LogP contribution in [-0.2, 0) is 28.8 Å². The maximum absolute atomic E-state index is 12.6. The van der Waals surface area contributed by atoms with Gasteiger partial charge in [0.2, 0.25) is 0 Å². The number of carbonyl (C=O) groups excluding carboxylic acids is 1. The first-order valence-electron chi connectivity index (χ1n) is 10.2. The Bertz CT molecular complexity index is 1220. The van der Waals surface area contributed by atoms with Gasteiger partial charge in [-0.15, -0.1) is 0 Å². The summed E-state index contributed by atoms with van der Waals surface area (Å²) in [5.74, 6) is -1.14. The first-order valence-corrected chi connectivity index (χ1v) is 10.2. The number of nitrogens with one attached hydrogen (secondary N) is 2. The Labute approximate surface area is 173 Å². The molecule has 3 N–H and O–H groups in total. The summed E-state index contributed by atoms with van der Waals surface area (Å²) in [6.07, 6.45) is 1.81. The van der Waals surface area contributed by atoms with Gasteiger partial charge in [-0.25, -0.2) is 4.79 Å². The zero-order chi connectivity index (χ0) is 21.1. The van der Waals surface area contributed by atoms with Crippen LogP contribution in [0.15, 0.2) is 48.5 Å². The zero-order valence-corrected chi connectivity index (χ0v) is 16.8. The lowest BCUT2D eigenvalue weighted by molar-refractivity contribution is -0.136. The second-order valence-corrected chi connectivity index (χ2v) is 7.27. The lowest BCUT2D eigenvalue weighted by Gasteiger charge is -2.06. The third kappa shape index (κ3) is 3.81. The number of para-hydroxylation sites is 2. The molecule has 6 nitrogen and oxygen atoms in total. The Balaban J connectivity index is 1.68. The van der Waals surface area contributed by atoms with E-state index < -0.39 is 5.97 Å². The molecule has 0 bridgehead atoms. The number of fused-ring (bicyclic) bond motifs is 2. The van der Waals surface area contributed by atoms with Crippen molar-refractivity contribution in [3.8, 4) is 0 Å². The molecule has 0 saturated heterocycles. The smallest absolute Gasteiger partial charge is 0.340 e. The van der Waals surface area contributed by atoms with Crippen LogP contribution in [0.4, 0.5) is 0 Å². The monoisotopic (exact) mass is 404 g/mol. The predicted octanol–water partition coefficient (Wildman–Crippen LogP) is 4.63. The summed E-state index contributed by atoms with van der Waals surface area (Å²) < 4.78 is 5.29. The van der Waals surface area contributed by atoms with Gasteiger partial charge in [0.1, 0.15) is 0 Å². The van der Waals surface area contributed by atoms with Gasteiger partial charge in [-0.2, -0.15) is 0 Å². The number of aliphatic carboxylic acids is 1. The van der Waals surface area contributed by atoms with Crippen LogP contribution >= 0.6 is 0 Å². The molecule has 154 valence electrons. The first kappa shape index (κ1) is 19.8. The highest BCUT2D eigenvalue weighted by Gasteiger charge is 2.20. The number of aryl methyl sites for hydroxylation is 3. The lowest BCUT2D eigenvalue weighted by atomic mass is 10.0. The van der Waals surface area contributed by atoms with Crippen molar-refractivity contribution >= 4 is 33.7 Å². The number of aromatic nitrogens is 2. The van der Waals surface area contributed by atoms with Crippen molar-refractivity contribution < 1.29 is 19.4 Å². The van der Waals surface area contributed by atoms with Crippen LogP contribution in [0.25, 0.3) is 21.8 Å². The van der Waals surface area contributed by atoms with Gasteiger partial charge in [-0.1, -0.05) is 36.4 Å². The number of esters is 1. The van der Waals surface area contributed by atoms with Crippen molar-refractivity contribution in [1.82, 2.24) is 9.97 Å². The van der Waals surface area contributed by atoms with E-state index in [0.29, 0.717) is 31.4 Å². The SMILES string of the molecule is CCOC(=O)c1c(CCc2[nH]c3ccccc3c2CCC(=O)O)[nH]c2ccccc12. The molecule has 4 rings (SSSR count). The molecule has 0 saturated carbocycles. The van der Waals surface area contributed by atoms with E-state index in [1.807, 2.05) is 48.5 Å². The average Bonchev–Trinajstić information content (AvgIpc) is 3.28. The van der Waals surface area contributed by atoms with Gasteiger partial charge in [0.15, 0.2) is 0 Å². The van der Waals surface area contributed by atoms with E-state index in [-0.39, 0.29) is 12.4 Å². The molecule has 0 spiro atoms. The fraction of sp³-hybridized carbons (Fsp3) is 0.250. The normalized spacial score (nSPS) is 11.2. The van der Waals surface area contributed by atoms with Gasteiger partial charge in [-0.3, -0.25) is 4.79 Å². The number of aromatic amines is 2. The Kier molecular flexibility index (Phi) is 5.57. The molecule has 6 heteroatoms. The molecule has 2 heterocycles. The molecular weight excluding hydrogens is 380 g/mol. The number of benzene rings is 2. The van der Waals surface area contributed by atoms with E-state index in [4.69, 9.17) is 9.84 Å². The standard InChI is InChI=1S/C24H24N2O4/c1-2-30-24(29)23-17-8-4-6-10-19(17)26-21(23)13-12-20-16(11-14-22(27)28)15-7-3-5-9-18(15)25-20/h3-10,25-26H,2,11-14H2,1H3,(H,27,28). The molecule has 0 fully saturated rings. The summed E-state index contributed by atoms with van der Waals surface area (Å²) in [6, 6.07) is 15.6. The Morgan fingerprint density at radius 1 is 0.867 bits per heavy atom. The van der Waals surface area contributed by atoms with Gasteiger partial charge in [-0.05, 0) is 43.9 Å². The van der Waals surface area contributed by atoms with Crippen LogP contribution in [0.1, 0.15) is 40.7 Å². The van der Waals surface area contributed by atoms with Crippen molar-refractivity contribution in [1.29, 1.82) is 0 Å². The summed E-state index contributed by atoms with van der Waals surface area (Å²) in [7, 11) is 0. The van der Waals surface area contributed by atoms with E-state index in [1.165, 1.54) is 0 Å². The fourth-order valence-electron chi connectivity index (χ4n) is 4.06. The van der Waals surface area contributed by atoms with Crippen molar-refractivity contribution in [3.05, 3.63) is 71.0 Å². The number of H-pyrrole nitrogens is 2. The Hall–Kier alpha value is -3.54. The van der Waals surface area contributed by atoms with E-state index in [1.54, 1.807) is 6.92 Å². The van der Waals surface area contributed by atoms with Gasteiger partial charge in [0.05, 0.1) is 12.2 Å². The second kappa shape index (κ2) is 8.45. The number of hydrogen-bond donors (Lipinski definition) is 3. The van der Waals surface area contributed by atoms with E-state index in [9.17, 15) is 9.59 Å². The number of carbonyl (C=O) groups is 2. The van der Waals surface area contributed by atoms with Crippen molar-refractivity contribution in [3.63, 3.8) is 0 Å². The minimum atomic E-state index is -0.813. The van der Waals surface area contributed by atoms with Crippen LogP contribution in [0.5, 0.6) is 0 Å². The van der Waals surface area contributed by atoms with E-state index in [2.05, 4.69) is 9.97 Å². The number of hydrogen-bond acceptors (Lipinski definition) is 3. The largest absolute Gasteiger partial charge is 0.481 e. The fourth-order valence-corrected chi connectivity index (χ4v) is 4.06. The average molecular weight is 404 g/mol. The summed E-state index contributed by atoms with van der Waals surface area (Å²) in [4.78, 5) is 30.6. The molecule has 0 aliphatic carbocycles. The number of carboxylic acids is 1. The highest BCUT2D eigenvalue weighted by atomic mass is 16.5. The maximum atomic E-state index is 12.6. The third-order valence-corrected chi connectivity index (χ3v) is 5.38. The Morgan fingerprint density at radius 2 is 1.47 bits per heavy atom. The van der Waals surface area contributed by atoms with E-state index in [0.717, 1.165) is 38.8 Å². The molecule has 0 radical (unpaired) electrons. The molecule has 30 heavy (non-hydrogen) atoms. The van der Waals surface area contributed by atoms with Crippen LogP contribution in [0, 0.1) is 0 Å². The highest BCUT2D eigenvalue weighted by molar-refractivity contribution is 6.05.